The molecule has 0 spiro atoms. The molecule has 2 rings (SSSR count). The zero-order chi connectivity index (χ0) is 6.27. The molecule has 0 aliphatic heterocycles. The van der Waals surface area contributed by atoms with Crippen molar-refractivity contribution in [3.05, 3.63) is 23.8 Å². The van der Waals surface area contributed by atoms with Crippen LogP contribution >= 0.6 is 24.0 Å². The Morgan fingerprint density at radius 2 is 2.30 bits per heavy atom. The number of rotatable bonds is 0. The van der Waals surface area contributed by atoms with Crippen LogP contribution in [0.3, 0.4) is 0 Å². The van der Waals surface area contributed by atoms with Crippen LogP contribution in [0.1, 0.15) is 19.8 Å². The van der Waals surface area contributed by atoms with Crippen LogP contribution in [0.5, 0.6) is 0 Å². The van der Waals surface area contributed by atoms with Crippen molar-refractivity contribution in [1.29, 1.82) is 0 Å². The van der Waals surface area contributed by atoms with Crippen LogP contribution in [-0.4, -0.2) is 0 Å². The van der Waals surface area contributed by atoms with Gasteiger partial charge in [-0.05, 0) is 31.6 Å². The van der Waals surface area contributed by atoms with Gasteiger partial charge in [-0.3, -0.25) is 0 Å². The van der Waals surface area contributed by atoms with Gasteiger partial charge in [-0.25, -0.2) is 0 Å². The first kappa shape index (κ1) is 8.31. The second-order valence-electron chi connectivity index (χ2n) is 3.05. The number of hydrogen-bond acceptors (Lipinski definition) is 0. The molecule has 0 heterocycles. The first-order valence-electron chi connectivity index (χ1n) is 3.73. The number of halogens is 1. The summed E-state index contributed by atoms with van der Waals surface area (Å²) >= 11 is 0. The van der Waals surface area contributed by atoms with Gasteiger partial charge < -0.3 is 0 Å². The van der Waals surface area contributed by atoms with Crippen molar-refractivity contribution in [2.75, 3.05) is 0 Å². The molecule has 2 unspecified atom stereocenters. The van der Waals surface area contributed by atoms with E-state index in [1.807, 2.05) is 0 Å². The Hall–Kier alpha value is 0.210. The average molecular weight is 248 g/mol. The van der Waals surface area contributed by atoms with Crippen molar-refractivity contribution in [2.45, 2.75) is 19.8 Å². The Morgan fingerprint density at radius 1 is 1.50 bits per heavy atom. The molecule has 0 aromatic rings. The molecule has 2 aliphatic carbocycles. The number of fused-ring (bicyclic) bond motifs is 2. The summed E-state index contributed by atoms with van der Waals surface area (Å²) in [5.74, 6) is 1.74. The number of hydrogen-bond donors (Lipinski definition) is 0. The van der Waals surface area contributed by atoms with Gasteiger partial charge in [-0.1, -0.05) is 23.8 Å². The van der Waals surface area contributed by atoms with E-state index in [2.05, 4.69) is 25.2 Å². The lowest BCUT2D eigenvalue weighted by Crippen LogP contribution is -1.90. The van der Waals surface area contributed by atoms with Gasteiger partial charge in [0.2, 0.25) is 0 Å². The van der Waals surface area contributed by atoms with Gasteiger partial charge >= 0.3 is 0 Å². The highest BCUT2D eigenvalue weighted by atomic mass is 127. The van der Waals surface area contributed by atoms with Crippen LogP contribution in [0, 0.1) is 11.8 Å². The first-order valence-corrected chi connectivity index (χ1v) is 3.73. The molecule has 2 aliphatic rings. The SMILES string of the molecule is CC=C1CC2C=CC1C2.I. The molecule has 0 N–H and O–H groups in total. The Labute approximate surface area is 79.4 Å². The van der Waals surface area contributed by atoms with Gasteiger partial charge in [0.05, 0.1) is 0 Å². The summed E-state index contributed by atoms with van der Waals surface area (Å²) in [5, 5.41) is 0. The lowest BCUT2D eigenvalue weighted by molar-refractivity contribution is 0.693. The van der Waals surface area contributed by atoms with Crippen molar-refractivity contribution < 1.29 is 0 Å². The molecule has 2 bridgehead atoms. The molecule has 0 aromatic heterocycles. The Kier molecular flexibility index (Phi) is 2.55. The molecular formula is C9H13I. The lowest BCUT2D eigenvalue weighted by atomic mass is 10.0. The maximum absolute atomic E-state index is 2.37. The minimum absolute atomic E-state index is 0. The second-order valence-corrected chi connectivity index (χ2v) is 3.05. The molecule has 1 saturated carbocycles. The van der Waals surface area contributed by atoms with Gasteiger partial charge in [0.1, 0.15) is 0 Å². The molecule has 1 heteroatoms. The molecule has 0 saturated heterocycles. The Bertz CT molecular complexity index is 179. The molecule has 56 valence electrons. The minimum Gasteiger partial charge on any atom is -0.107 e. The molecule has 0 nitrogen and oxygen atoms in total. The quantitative estimate of drug-likeness (QED) is 0.456. The van der Waals surface area contributed by atoms with Crippen LogP contribution in [-0.2, 0) is 0 Å². The predicted octanol–water partition coefficient (Wildman–Crippen LogP) is 3.15. The third kappa shape index (κ3) is 1.16. The highest BCUT2D eigenvalue weighted by Crippen LogP contribution is 2.42. The Morgan fingerprint density at radius 3 is 2.60 bits per heavy atom. The Balaban J connectivity index is 0.000000500. The summed E-state index contributed by atoms with van der Waals surface area (Å²) in [6.07, 6.45) is 9.77. The molecule has 10 heavy (non-hydrogen) atoms. The van der Waals surface area contributed by atoms with Crippen LogP contribution in [0.2, 0.25) is 0 Å². The standard InChI is InChI=1S/C9H12.HI/c1-2-8-5-7-3-4-9(8)6-7;/h2-4,7,9H,5-6H2,1H3;1H. The molecule has 1 fully saturated rings. The van der Waals surface area contributed by atoms with Crippen LogP contribution in [0.4, 0.5) is 0 Å². The van der Waals surface area contributed by atoms with E-state index in [1.165, 1.54) is 12.8 Å². The van der Waals surface area contributed by atoms with Gasteiger partial charge in [-0.15, -0.1) is 24.0 Å². The third-order valence-corrected chi connectivity index (χ3v) is 2.52. The fourth-order valence-corrected chi connectivity index (χ4v) is 1.99. The third-order valence-electron chi connectivity index (χ3n) is 2.52. The van der Waals surface area contributed by atoms with Crippen LogP contribution in [0.15, 0.2) is 23.8 Å². The van der Waals surface area contributed by atoms with E-state index < -0.39 is 0 Å². The molecular weight excluding hydrogens is 235 g/mol. The summed E-state index contributed by atoms with van der Waals surface area (Å²) in [5.41, 5.74) is 1.67. The van der Waals surface area contributed by atoms with E-state index in [1.54, 1.807) is 5.57 Å². The normalized spacial score (nSPS) is 38.7. The summed E-state index contributed by atoms with van der Waals surface area (Å²) < 4.78 is 0. The number of allylic oxidation sites excluding steroid dienone is 4. The zero-order valence-corrected chi connectivity index (χ0v) is 8.54. The lowest BCUT2D eigenvalue weighted by Gasteiger charge is -2.05. The van der Waals surface area contributed by atoms with Crippen molar-refractivity contribution >= 4 is 24.0 Å². The van der Waals surface area contributed by atoms with Gasteiger partial charge in [-0.2, -0.15) is 0 Å². The van der Waals surface area contributed by atoms with Gasteiger partial charge in [0.15, 0.2) is 0 Å². The van der Waals surface area contributed by atoms with Crippen molar-refractivity contribution in [2.24, 2.45) is 11.8 Å². The van der Waals surface area contributed by atoms with Crippen LogP contribution < -0.4 is 0 Å². The highest BCUT2D eigenvalue weighted by Gasteiger charge is 2.29. The monoisotopic (exact) mass is 248 g/mol. The topological polar surface area (TPSA) is 0 Å². The van der Waals surface area contributed by atoms with E-state index in [0.717, 1.165) is 11.8 Å². The second kappa shape index (κ2) is 3.07. The summed E-state index contributed by atoms with van der Waals surface area (Å²) in [7, 11) is 0. The van der Waals surface area contributed by atoms with E-state index in [9.17, 15) is 0 Å². The summed E-state index contributed by atoms with van der Waals surface area (Å²) in [6, 6.07) is 0. The molecule has 0 aromatic carbocycles. The summed E-state index contributed by atoms with van der Waals surface area (Å²) in [4.78, 5) is 0. The van der Waals surface area contributed by atoms with E-state index in [-0.39, 0.29) is 24.0 Å². The van der Waals surface area contributed by atoms with Crippen molar-refractivity contribution in [1.82, 2.24) is 0 Å². The maximum atomic E-state index is 2.37. The molecule has 0 radical (unpaired) electrons. The van der Waals surface area contributed by atoms with E-state index >= 15 is 0 Å². The maximum Gasteiger partial charge on any atom is -0.00174 e. The van der Waals surface area contributed by atoms with Crippen LogP contribution in [0.25, 0.3) is 0 Å². The summed E-state index contributed by atoms with van der Waals surface area (Å²) in [6.45, 7) is 2.16. The minimum atomic E-state index is 0. The van der Waals surface area contributed by atoms with Crippen molar-refractivity contribution in [3.63, 3.8) is 0 Å². The predicted molar refractivity (Wildman–Crippen MR) is 54.5 cm³/mol. The zero-order valence-electron chi connectivity index (χ0n) is 6.21. The fraction of sp³-hybridized carbons (Fsp3) is 0.556. The smallest absolute Gasteiger partial charge is 0.00174 e. The van der Waals surface area contributed by atoms with E-state index in [0.29, 0.717) is 0 Å². The highest BCUT2D eigenvalue weighted by molar-refractivity contribution is 14.0. The first-order chi connectivity index (χ1) is 4.40. The van der Waals surface area contributed by atoms with E-state index in [4.69, 9.17) is 0 Å². The fourth-order valence-electron chi connectivity index (χ4n) is 1.99. The van der Waals surface area contributed by atoms with Crippen molar-refractivity contribution in [3.8, 4) is 0 Å². The molecule has 2 atom stereocenters. The van der Waals surface area contributed by atoms with Gasteiger partial charge in [0.25, 0.3) is 0 Å². The molecule has 0 amide bonds. The average Bonchev–Trinajstić information content (AvgIpc) is 2.45. The largest absolute Gasteiger partial charge is 0.107 e. The van der Waals surface area contributed by atoms with Gasteiger partial charge in [0, 0.05) is 0 Å².